The molecule has 1 aromatic carbocycles. The normalized spacial score (nSPS) is 21.0. The van der Waals surface area contributed by atoms with Crippen molar-refractivity contribution >= 4 is 27.4 Å². The minimum Gasteiger partial charge on any atom is -0.366 e. The van der Waals surface area contributed by atoms with Gasteiger partial charge in [-0.15, -0.1) is 11.8 Å². The Bertz CT molecular complexity index is 797. The molecule has 2 unspecified atom stereocenters. The summed E-state index contributed by atoms with van der Waals surface area (Å²) in [4.78, 5) is 8.88. The first-order valence-corrected chi connectivity index (χ1v) is 11.4. The van der Waals surface area contributed by atoms with E-state index in [1.54, 1.807) is 24.2 Å². The standard InChI is InChI=1S/C18H23N3O2S2/c1-25(22,23)16-9-5-8-15(10-16)20-17-11-19-12-18(21-17)24-13-14-6-3-2-4-7-14/h2-4,6-7,11-12,15-16H,5,8-10,13H2,1H3,(H,20,21). The molecule has 2 atom stereocenters. The van der Waals surface area contributed by atoms with Gasteiger partial charge in [-0.25, -0.2) is 13.4 Å². The predicted molar refractivity (Wildman–Crippen MR) is 103 cm³/mol. The molecular weight excluding hydrogens is 354 g/mol. The third-order valence-corrected chi connectivity index (χ3v) is 7.03. The maximum Gasteiger partial charge on any atom is 0.150 e. The summed E-state index contributed by atoms with van der Waals surface area (Å²) in [5.74, 6) is 1.57. The number of hydrogen-bond acceptors (Lipinski definition) is 6. The van der Waals surface area contributed by atoms with Crippen molar-refractivity contribution in [3.05, 3.63) is 48.3 Å². The Morgan fingerprint density at radius 1 is 1.20 bits per heavy atom. The molecule has 1 fully saturated rings. The van der Waals surface area contributed by atoms with Crippen molar-refractivity contribution in [1.82, 2.24) is 9.97 Å². The van der Waals surface area contributed by atoms with Crippen LogP contribution in [0.1, 0.15) is 31.2 Å². The van der Waals surface area contributed by atoms with Crippen LogP contribution in [0, 0.1) is 0 Å². The van der Waals surface area contributed by atoms with Gasteiger partial charge in [0.1, 0.15) is 20.7 Å². The second-order valence-corrected chi connectivity index (χ2v) is 9.80. The number of nitrogens with zero attached hydrogens (tertiary/aromatic N) is 2. The summed E-state index contributed by atoms with van der Waals surface area (Å²) in [5.41, 5.74) is 1.25. The van der Waals surface area contributed by atoms with E-state index in [9.17, 15) is 8.42 Å². The van der Waals surface area contributed by atoms with Crippen molar-refractivity contribution in [2.45, 2.75) is 47.8 Å². The molecule has 1 N–H and O–H groups in total. The lowest BCUT2D eigenvalue weighted by molar-refractivity contribution is 0.452. The minimum atomic E-state index is -2.98. The Morgan fingerprint density at radius 3 is 2.76 bits per heavy atom. The van der Waals surface area contributed by atoms with Gasteiger partial charge in [-0.05, 0) is 24.8 Å². The van der Waals surface area contributed by atoms with Crippen molar-refractivity contribution < 1.29 is 8.42 Å². The van der Waals surface area contributed by atoms with Gasteiger partial charge in [0.05, 0.1) is 17.6 Å². The fraction of sp³-hybridized carbons (Fsp3) is 0.444. The van der Waals surface area contributed by atoms with Gasteiger partial charge in [0.2, 0.25) is 0 Å². The topological polar surface area (TPSA) is 72.0 Å². The molecule has 0 amide bonds. The Morgan fingerprint density at radius 2 is 2.00 bits per heavy atom. The number of nitrogens with one attached hydrogen (secondary N) is 1. The number of aromatic nitrogens is 2. The highest BCUT2D eigenvalue weighted by molar-refractivity contribution is 7.98. The average molecular weight is 378 g/mol. The van der Waals surface area contributed by atoms with Crippen LogP contribution in [0.15, 0.2) is 47.8 Å². The monoisotopic (exact) mass is 377 g/mol. The van der Waals surface area contributed by atoms with Crippen LogP contribution in [-0.4, -0.2) is 35.9 Å². The largest absolute Gasteiger partial charge is 0.366 e. The molecule has 2 aromatic rings. The maximum absolute atomic E-state index is 11.8. The van der Waals surface area contributed by atoms with Crippen LogP contribution in [0.4, 0.5) is 5.82 Å². The smallest absolute Gasteiger partial charge is 0.150 e. The fourth-order valence-corrected chi connectivity index (χ4v) is 5.07. The second-order valence-electron chi connectivity index (χ2n) is 6.48. The molecule has 1 heterocycles. The summed E-state index contributed by atoms with van der Waals surface area (Å²) in [6.07, 6.45) is 8.09. The zero-order valence-corrected chi connectivity index (χ0v) is 15.9. The second kappa shape index (κ2) is 8.19. The Hall–Kier alpha value is -1.60. The molecule has 1 saturated carbocycles. The van der Waals surface area contributed by atoms with E-state index in [2.05, 4.69) is 27.4 Å². The summed E-state index contributed by atoms with van der Waals surface area (Å²) in [5, 5.41) is 3.99. The molecule has 3 rings (SSSR count). The first kappa shape index (κ1) is 18.2. The van der Waals surface area contributed by atoms with Gasteiger partial charge in [0, 0.05) is 18.1 Å². The van der Waals surface area contributed by atoms with E-state index in [0.29, 0.717) is 6.42 Å². The Balaban J connectivity index is 1.60. The molecule has 1 aromatic heterocycles. The molecule has 0 bridgehead atoms. The van der Waals surface area contributed by atoms with Crippen LogP contribution in [0.5, 0.6) is 0 Å². The molecule has 25 heavy (non-hydrogen) atoms. The minimum absolute atomic E-state index is 0.136. The molecule has 0 spiro atoms. The summed E-state index contributed by atoms with van der Waals surface area (Å²) in [6, 6.07) is 10.4. The van der Waals surface area contributed by atoms with Gasteiger partial charge in [-0.3, -0.25) is 4.98 Å². The lowest BCUT2D eigenvalue weighted by Crippen LogP contribution is -2.34. The molecule has 7 heteroatoms. The molecule has 1 aliphatic rings. The molecular formula is C18H23N3O2S2. The number of thioether (sulfide) groups is 1. The zero-order chi connectivity index (χ0) is 17.7. The van der Waals surface area contributed by atoms with Gasteiger partial charge >= 0.3 is 0 Å². The third kappa shape index (κ3) is 5.44. The number of rotatable bonds is 6. The summed E-state index contributed by atoms with van der Waals surface area (Å²) in [7, 11) is -2.98. The van der Waals surface area contributed by atoms with Crippen molar-refractivity contribution in [2.24, 2.45) is 0 Å². The van der Waals surface area contributed by atoms with Crippen LogP contribution >= 0.6 is 11.8 Å². The molecule has 0 aliphatic heterocycles. The van der Waals surface area contributed by atoms with Gasteiger partial charge in [0.15, 0.2) is 0 Å². The maximum atomic E-state index is 11.8. The van der Waals surface area contributed by atoms with Crippen LogP contribution in [0.3, 0.4) is 0 Å². The Kier molecular flexibility index (Phi) is 5.96. The number of sulfone groups is 1. The quantitative estimate of drug-likeness (QED) is 0.777. The van der Waals surface area contributed by atoms with Gasteiger partial charge in [-0.1, -0.05) is 36.8 Å². The van der Waals surface area contributed by atoms with Gasteiger partial charge in [-0.2, -0.15) is 0 Å². The first-order valence-electron chi connectivity index (χ1n) is 8.45. The van der Waals surface area contributed by atoms with E-state index in [0.717, 1.165) is 35.9 Å². The number of benzene rings is 1. The number of hydrogen-bond donors (Lipinski definition) is 1. The van der Waals surface area contributed by atoms with Crippen molar-refractivity contribution in [1.29, 1.82) is 0 Å². The van der Waals surface area contributed by atoms with Gasteiger partial charge < -0.3 is 5.32 Å². The SMILES string of the molecule is CS(=O)(=O)C1CCCC(Nc2cncc(SCc3ccccc3)n2)C1. The van der Waals surface area contributed by atoms with E-state index in [1.165, 1.54) is 11.8 Å². The summed E-state index contributed by atoms with van der Waals surface area (Å²) >= 11 is 1.65. The van der Waals surface area contributed by atoms with E-state index < -0.39 is 9.84 Å². The average Bonchev–Trinajstić information content (AvgIpc) is 2.61. The van der Waals surface area contributed by atoms with E-state index in [1.807, 2.05) is 18.2 Å². The van der Waals surface area contributed by atoms with E-state index >= 15 is 0 Å². The molecule has 0 radical (unpaired) electrons. The van der Waals surface area contributed by atoms with Crippen molar-refractivity contribution in [3.8, 4) is 0 Å². The van der Waals surface area contributed by atoms with Gasteiger partial charge in [0.25, 0.3) is 0 Å². The highest BCUT2D eigenvalue weighted by Gasteiger charge is 2.28. The van der Waals surface area contributed by atoms with Crippen molar-refractivity contribution in [2.75, 3.05) is 11.6 Å². The molecule has 1 aliphatic carbocycles. The molecule has 134 valence electrons. The van der Waals surface area contributed by atoms with Crippen LogP contribution in [-0.2, 0) is 15.6 Å². The third-order valence-electron chi connectivity index (χ3n) is 4.43. The molecule has 5 nitrogen and oxygen atoms in total. The zero-order valence-electron chi connectivity index (χ0n) is 14.3. The van der Waals surface area contributed by atoms with Crippen LogP contribution < -0.4 is 5.32 Å². The first-order chi connectivity index (χ1) is 12.0. The highest BCUT2D eigenvalue weighted by Crippen LogP contribution is 2.27. The summed E-state index contributed by atoms with van der Waals surface area (Å²) < 4.78 is 23.6. The predicted octanol–water partition coefficient (Wildman–Crippen LogP) is 3.54. The van der Waals surface area contributed by atoms with Crippen LogP contribution in [0.2, 0.25) is 0 Å². The van der Waals surface area contributed by atoms with E-state index in [-0.39, 0.29) is 11.3 Å². The lowest BCUT2D eigenvalue weighted by Gasteiger charge is -2.28. The summed E-state index contributed by atoms with van der Waals surface area (Å²) in [6.45, 7) is 0. The lowest BCUT2D eigenvalue weighted by atomic mass is 9.95. The number of anilines is 1. The highest BCUT2D eigenvalue weighted by atomic mass is 32.2. The van der Waals surface area contributed by atoms with Crippen LogP contribution in [0.25, 0.3) is 0 Å². The fourth-order valence-electron chi connectivity index (χ4n) is 3.09. The Labute approximate surface area is 153 Å². The molecule has 0 saturated heterocycles. The van der Waals surface area contributed by atoms with Crippen molar-refractivity contribution in [3.63, 3.8) is 0 Å². The van der Waals surface area contributed by atoms with E-state index in [4.69, 9.17) is 0 Å².